The summed E-state index contributed by atoms with van der Waals surface area (Å²) in [4.78, 5) is 0. The lowest BCUT2D eigenvalue weighted by Crippen LogP contribution is -2.20. The number of hydrogen-bond acceptors (Lipinski definition) is 0. The highest BCUT2D eigenvalue weighted by Gasteiger charge is 2.17. The minimum atomic E-state index is -1.32. The van der Waals surface area contributed by atoms with Crippen molar-refractivity contribution in [3.8, 4) is 11.5 Å². The summed E-state index contributed by atoms with van der Waals surface area (Å²) in [5.41, 5.74) is 5.81. The average Bonchev–Trinajstić information content (AvgIpc) is 2.25. The van der Waals surface area contributed by atoms with Crippen LogP contribution in [0.25, 0.3) is 6.08 Å². The van der Waals surface area contributed by atoms with Gasteiger partial charge >= 0.3 is 0 Å². The van der Waals surface area contributed by atoms with Gasteiger partial charge in [0.05, 0.1) is 8.07 Å². The molecule has 0 radical (unpaired) electrons. The van der Waals surface area contributed by atoms with Crippen LogP contribution in [0.4, 0.5) is 0 Å². The molecule has 0 aliphatic heterocycles. The van der Waals surface area contributed by atoms with Crippen LogP contribution in [0.2, 0.25) is 39.3 Å². The molecule has 3 heteroatoms. The molecule has 19 heavy (non-hydrogen) atoms. The van der Waals surface area contributed by atoms with Gasteiger partial charge in [0.2, 0.25) is 0 Å². The van der Waals surface area contributed by atoms with Crippen molar-refractivity contribution in [1.82, 2.24) is 0 Å². The van der Waals surface area contributed by atoms with Crippen LogP contribution >= 0.6 is 15.9 Å². The molecule has 102 valence electrons. The van der Waals surface area contributed by atoms with Gasteiger partial charge in [-0.1, -0.05) is 79.3 Å². The molecule has 0 aromatic heterocycles. The third kappa shape index (κ3) is 5.94. The van der Waals surface area contributed by atoms with E-state index in [0.717, 1.165) is 5.56 Å². The average molecular weight is 351 g/mol. The quantitative estimate of drug-likeness (QED) is 0.485. The van der Waals surface area contributed by atoms with Crippen molar-refractivity contribution in [3.63, 3.8) is 0 Å². The van der Waals surface area contributed by atoms with Crippen molar-refractivity contribution < 1.29 is 0 Å². The number of halogens is 1. The molecule has 0 amide bonds. The molecule has 0 heterocycles. The van der Waals surface area contributed by atoms with E-state index >= 15 is 0 Å². The monoisotopic (exact) mass is 350 g/mol. The van der Waals surface area contributed by atoms with E-state index in [1.807, 2.05) is 0 Å². The fourth-order valence-electron chi connectivity index (χ4n) is 1.34. The van der Waals surface area contributed by atoms with E-state index in [-0.39, 0.29) is 0 Å². The maximum absolute atomic E-state index is 3.74. The minimum absolute atomic E-state index is 1.14. The predicted octanol–water partition coefficient (Wildman–Crippen LogP) is 5.53. The topological polar surface area (TPSA) is 0 Å². The highest BCUT2D eigenvalue weighted by atomic mass is 79.9. The van der Waals surface area contributed by atoms with Crippen molar-refractivity contribution in [2.24, 2.45) is 0 Å². The van der Waals surface area contributed by atoms with Crippen LogP contribution in [0.3, 0.4) is 0 Å². The van der Waals surface area contributed by atoms with Gasteiger partial charge in [-0.15, -0.1) is 5.54 Å². The molecule has 0 saturated carbocycles. The van der Waals surface area contributed by atoms with Crippen molar-refractivity contribution >= 4 is 38.2 Å². The lowest BCUT2D eigenvalue weighted by molar-refractivity contribution is 1.59. The fraction of sp³-hybridized carbons (Fsp3) is 0.375. The first kappa shape index (κ1) is 16.5. The summed E-state index contributed by atoms with van der Waals surface area (Å²) in [5, 5.41) is 0. The van der Waals surface area contributed by atoms with Gasteiger partial charge in [0.25, 0.3) is 0 Å². The molecule has 0 aliphatic carbocycles. The highest BCUT2D eigenvalue weighted by Crippen LogP contribution is 2.24. The summed E-state index contributed by atoms with van der Waals surface area (Å²) >= 11 is 3.74. The van der Waals surface area contributed by atoms with E-state index in [0.29, 0.717) is 0 Å². The van der Waals surface area contributed by atoms with Crippen molar-refractivity contribution in [2.75, 3.05) is 0 Å². The summed E-state index contributed by atoms with van der Waals surface area (Å²) in [6.45, 7) is 13.8. The first-order chi connectivity index (χ1) is 8.59. The Bertz CT molecular complexity index is 534. The maximum Gasteiger partial charge on any atom is 0.129 e. The maximum atomic E-state index is 3.74. The van der Waals surface area contributed by atoms with E-state index in [9.17, 15) is 0 Å². The molecule has 1 aromatic carbocycles. The Morgan fingerprint density at radius 1 is 1.05 bits per heavy atom. The predicted molar refractivity (Wildman–Crippen MR) is 96.9 cm³/mol. The zero-order chi connectivity index (χ0) is 14.7. The van der Waals surface area contributed by atoms with Crippen molar-refractivity contribution in [3.05, 3.63) is 39.5 Å². The molecule has 1 aromatic rings. The van der Waals surface area contributed by atoms with Crippen LogP contribution < -0.4 is 0 Å². The third-order valence-electron chi connectivity index (χ3n) is 2.53. The molecule has 1 rings (SSSR count). The van der Waals surface area contributed by atoms with Crippen LogP contribution in [0.15, 0.2) is 28.4 Å². The SMILES string of the molecule is C[Si](C)(C)C#Cc1ccccc1/C=C(\Br)[Si](C)(C)C. The van der Waals surface area contributed by atoms with Crippen LogP contribution in [0.1, 0.15) is 11.1 Å². The van der Waals surface area contributed by atoms with Gasteiger partial charge in [-0.2, -0.15) is 0 Å². The molecule has 0 aliphatic rings. The molecular weight excluding hydrogens is 328 g/mol. The van der Waals surface area contributed by atoms with E-state index in [2.05, 4.69) is 97.0 Å². The molecule has 0 saturated heterocycles. The normalized spacial score (nSPS) is 12.9. The Kier molecular flexibility index (Phi) is 5.43. The van der Waals surface area contributed by atoms with E-state index in [1.54, 1.807) is 0 Å². The van der Waals surface area contributed by atoms with Crippen molar-refractivity contribution in [2.45, 2.75) is 39.3 Å². The largest absolute Gasteiger partial charge is 0.129 e. The Balaban J connectivity index is 3.20. The third-order valence-corrected chi connectivity index (χ3v) is 8.78. The number of hydrogen-bond donors (Lipinski definition) is 0. The van der Waals surface area contributed by atoms with Crippen LogP contribution in [-0.2, 0) is 0 Å². The number of benzene rings is 1. The van der Waals surface area contributed by atoms with Gasteiger partial charge in [0.15, 0.2) is 0 Å². The molecule has 0 bridgehead atoms. The summed E-state index contributed by atoms with van der Waals surface area (Å²) in [5.74, 6) is 3.37. The molecular formula is C16H23BrSi2. The van der Waals surface area contributed by atoms with Gasteiger partial charge in [0.1, 0.15) is 8.07 Å². The van der Waals surface area contributed by atoms with Crippen molar-refractivity contribution in [1.29, 1.82) is 0 Å². The van der Waals surface area contributed by atoms with Crippen LogP contribution in [0, 0.1) is 11.5 Å². The van der Waals surface area contributed by atoms with Crippen LogP contribution in [-0.4, -0.2) is 16.1 Å². The van der Waals surface area contributed by atoms with Gasteiger partial charge in [-0.3, -0.25) is 0 Å². The number of rotatable bonds is 2. The second-order valence-electron chi connectivity index (χ2n) is 6.83. The Labute approximate surface area is 128 Å². The fourth-order valence-corrected chi connectivity index (χ4v) is 2.69. The molecule has 0 unspecified atom stereocenters. The second kappa shape index (κ2) is 6.26. The molecule has 0 spiro atoms. The lowest BCUT2D eigenvalue weighted by atomic mass is 10.1. The standard InChI is InChI=1S/C16H23BrSi2/c1-18(2,3)12-11-14-9-7-8-10-15(14)13-16(17)19(4,5)6/h7-10,13H,1-6H3/b16-13+. The van der Waals surface area contributed by atoms with Gasteiger partial charge in [-0.05, 0) is 21.8 Å². The summed E-state index contributed by atoms with van der Waals surface area (Å²) in [6.07, 6.45) is 2.25. The summed E-state index contributed by atoms with van der Waals surface area (Å²) in [7, 11) is -2.61. The van der Waals surface area contributed by atoms with Gasteiger partial charge in [-0.25, -0.2) is 0 Å². The molecule has 0 nitrogen and oxygen atoms in total. The Morgan fingerprint density at radius 3 is 2.16 bits per heavy atom. The molecule has 0 atom stereocenters. The van der Waals surface area contributed by atoms with E-state index in [4.69, 9.17) is 0 Å². The smallest absolute Gasteiger partial charge is 0.127 e. The first-order valence-electron chi connectivity index (χ1n) is 6.59. The summed E-state index contributed by atoms with van der Waals surface area (Å²) < 4.78 is 1.34. The minimum Gasteiger partial charge on any atom is -0.127 e. The summed E-state index contributed by atoms with van der Waals surface area (Å²) in [6, 6.07) is 8.41. The van der Waals surface area contributed by atoms with E-state index in [1.165, 1.54) is 9.67 Å². The van der Waals surface area contributed by atoms with E-state index < -0.39 is 16.1 Å². The molecule has 0 N–H and O–H groups in total. The zero-order valence-corrected chi connectivity index (χ0v) is 16.4. The van der Waals surface area contributed by atoms with Gasteiger partial charge in [0, 0.05) is 5.56 Å². The first-order valence-corrected chi connectivity index (χ1v) is 14.4. The van der Waals surface area contributed by atoms with Gasteiger partial charge < -0.3 is 0 Å². The lowest BCUT2D eigenvalue weighted by Gasteiger charge is -2.15. The zero-order valence-electron chi connectivity index (χ0n) is 12.8. The Hall–Kier alpha value is -0.566. The highest BCUT2D eigenvalue weighted by molar-refractivity contribution is 9.12. The Morgan fingerprint density at radius 2 is 1.63 bits per heavy atom. The van der Waals surface area contributed by atoms with Crippen LogP contribution in [0.5, 0.6) is 0 Å². The molecule has 0 fully saturated rings. The second-order valence-corrected chi connectivity index (χ2v) is 18.2.